The Morgan fingerprint density at radius 3 is 1.67 bits per heavy atom. The van der Waals surface area contributed by atoms with Crippen LogP contribution in [0.5, 0.6) is 0 Å². The first-order valence-electron chi connectivity index (χ1n) is 26.8. The number of nitrogens with one attached hydrogen (secondary N) is 7. The summed E-state index contributed by atoms with van der Waals surface area (Å²) in [7, 11) is 0. The number of carbonyl (C=O) groups excluding carboxylic acids is 3. The Morgan fingerprint density at radius 1 is 0.656 bits per heavy atom. The Labute approximate surface area is 526 Å². The molecule has 3 atom stereocenters. The molecule has 2 saturated heterocycles. The van der Waals surface area contributed by atoms with Crippen molar-refractivity contribution >= 4 is 103 Å². The lowest BCUT2D eigenvalue weighted by atomic mass is 10.1. The van der Waals surface area contributed by atoms with Crippen LogP contribution in [-0.4, -0.2) is 169 Å². The van der Waals surface area contributed by atoms with E-state index in [0.29, 0.717) is 96.3 Å². The van der Waals surface area contributed by atoms with Crippen LogP contribution >= 0.6 is 34.8 Å². The number of fused-ring (bicyclic) bond motifs is 3. The third kappa shape index (κ3) is 16.6. The zero-order valence-electron chi connectivity index (χ0n) is 46.9. The summed E-state index contributed by atoms with van der Waals surface area (Å²) in [5.74, 6) is -0.689. The first-order valence-corrected chi connectivity index (χ1v) is 27.9. The normalized spacial score (nSPS) is 16.1. The van der Waals surface area contributed by atoms with Crippen LogP contribution in [0.25, 0.3) is 67.3 Å². The van der Waals surface area contributed by atoms with Crippen LogP contribution < -0.4 is 31.1 Å². The number of aromatic nitrogens is 14. The van der Waals surface area contributed by atoms with E-state index >= 15 is 0 Å². The number of ether oxygens (including phenoxy) is 1. The van der Waals surface area contributed by atoms with Crippen LogP contribution in [0.2, 0.25) is 15.1 Å². The molecule has 11 rings (SSSR count). The molecule has 24 nitrogen and oxygen atoms in total. The predicted molar refractivity (Wildman–Crippen MR) is 326 cm³/mol. The summed E-state index contributed by atoms with van der Waals surface area (Å²) in [6, 6.07) is 5.09. The van der Waals surface area contributed by atoms with Gasteiger partial charge in [0.1, 0.15) is 72.7 Å². The fourth-order valence-electron chi connectivity index (χ4n) is 9.42. The predicted octanol–water partition coefficient (Wildman–Crippen LogP) is 10.6. The van der Waals surface area contributed by atoms with Crippen molar-refractivity contribution in [2.45, 2.75) is 75.4 Å². The van der Waals surface area contributed by atoms with E-state index in [0.717, 1.165) is 5.39 Å². The van der Waals surface area contributed by atoms with Gasteiger partial charge in [-0.05, 0) is 51.0 Å². The highest BCUT2D eigenvalue weighted by Gasteiger charge is 2.41. The zero-order chi connectivity index (χ0) is 64.7. The second kappa shape index (κ2) is 27.3. The molecule has 486 valence electrons. The highest BCUT2D eigenvalue weighted by Crippen LogP contribution is 2.34. The molecule has 0 aromatic carbocycles. The number of aromatic amines is 3. The highest BCUT2D eigenvalue weighted by molar-refractivity contribution is 6.32. The van der Waals surface area contributed by atoms with Gasteiger partial charge in [-0.15, -0.1) is 6.58 Å². The Balaban J connectivity index is 0.000000365. The molecule has 90 heavy (non-hydrogen) atoms. The number of hydrogen-bond acceptors (Lipinski definition) is 18. The molecule has 0 aliphatic carbocycles. The maximum absolute atomic E-state index is 12.6. The monoisotopic (exact) mass is 1330 g/mol. The molecular weight excluding hydrogens is 1270 g/mol. The molecule has 1 unspecified atom stereocenters. The largest absolute Gasteiger partial charge is 0.405 e. The van der Waals surface area contributed by atoms with Crippen molar-refractivity contribution in [3.8, 4) is 34.2 Å². The van der Waals surface area contributed by atoms with Gasteiger partial charge in [0.2, 0.25) is 29.6 Å². The van der Waals surface area contributed by atoms with E-state index in [1.807, 2.05) is 16.0 Å². The Morgan fingerprint density at radius 2 is 1.14 bits per heavy atom. The van der Waals surface area contributed by atoms with Gasteiger partial charge in [0.25, 0.3) is 0 Å². The fourth-order valence-corrected chi connectivity index (χ4v) is 9.89. The third-order valence-corrected chi connectivity index (χ3v) is 14.1. The number of H-pyrrole nitrogens is 3. The molecule has 7 N–H and O–H groups in total. The summed E-state index contributed by atoms with van der Waals surface area (Å²) in [5, 5.41) is 11.9. The maximum Gasteiger partial charge on any atom is 0.405 e. The molecule has 36 heteroatoms. The van der Waals surface area contributed by atoms with Crippen LogP contribution in [0.3, 0.4) is 0 Å². The summed E-state index contributed by atoms with van der Waals surface area (Å²) in [4.78, 5) is 95.6. The average Bonchev–Trinajstić information content (AvgIpc) is 1.60. The molecule has 9 aromatic heterocycles. The number of halogens is 12. The molecule has 0 spiro atoms. The van der Waals surface area contributed by atoms with Crippen molar-refractivity contribution in [2.24, 2.45) is 0 Å². The second-order valence-corrected chi connectivity index (χ2v) is 21.8. The van der Waals surface area contributed by atoms with Gasteiger partial charge < -0.3 is 50.8 Å². The minimum Gasteiger partial charge on any atom is -0.372 e. The lowest BCUT2D eigenvalue weighted by Crippen LogP contribution is -2.50. The van der Waals surface area contributed by atoms with E-state index in [4.69, 9.17) is 39.5 Å². The number of nitrogens with zero attached hydrogens (tertiary/aromatic N) is 13. The number of pyridine rings is 3. The van der Waals surface area contributed by atoms with Gasteiger partial charge in [-0.25, -0.2) is 44.9 Å². The van der Waals surface area contributed by atoms with Gasteiger partial charge in [-0.1, -0.05) is 40.9 Å². The first-order chi connectivity index (χ1) is 42.6. The van der Waals surface area contributed by atoms with E-state index in [1.165, 1.54) is 51.3 Å². The van der Waals surface area contributed by atoms with Gasteiger partial charge in [0, 0.05) is 104 Å². The van der Waals surface area contributed by atoms with Crippen molar-refractivity contribution < 1.29 is 67.2 Å². The van der Waals surface area contributed by atoms with E-state index in [-0.39, 0.29) is 52.0 Å². The minimum atomic E-state index is -4.51. The lowest BCUT2D eigenvalue weighted by molar-refractivity contribution is -0.140. The Kier molecular flexibility index (Phi) is 19.9. The number of anilines is 3. The van der Waals surface area contributed by atoms with Crippen molar-refractivity contribution in [2.75, 3.05) is 54.4 Å². The van der Waals surface area contributed by atoms with Crippen LogP contribution in [0.15, 0.2) is 93.0 Å². The summed E-state index contributed by atoms with van der Waals surface area (Å²) < 4.78 is 118. The molecular formula is C54H62Cl3F9N20O4. The Bertz CT molecular complexity index is 4090. The summed E-state index contributed by atoms with van der Waals surface area (Å²) in [6.07, 6.45) is 2.58. The topological polar surface area (TPSA) is 304 Å². The smallest absolute Gasteiger partial charge is 0.372 e. The SMILES string of the molecule is C=CCOC1C[C@@H](C(=O)NCC(F)(F)F)N(c2ccnc(-c3c[nH]c4ncc(Cl)cc34)n2)C1.CC(C)(Nc1ncnc(-c2c[nH]c3ncc(Cl)cc23)n1)C(=O)NCC(F)(F)F.O=C(NCC(F)(F)F)[C@H]1CCCN1c1ncnc(-c2c[nH]c3ncc(Cl)cc23)n1.[HH].[HH].[HH].[HH].[HH].[HH]. The number of rotatable bonds is 16. The van der Waals surface area contributed by atoms with Crippen LogP contribution in [0.4, 0.5) is 57.2 Å². The molecule has 0 bridgehead atoms. The van der Waals surface area contributed by atoms with Crippen LogP contribution in [0, 0.1) is 0 Å². The maximum atomic E-state index is 12.6. The molecule has 11 heterocycles. The van der Waals surface area contributed by atoms with Crippen LogP contribution in [0.1, 0.15) is 41.7 Å². The van der Waals surface area contributed by atoms with Gasteiger partial charge >= 0.3 is 18.5 Å². The number of carbonyl (C=O) groups is 3. The fraction of sp³-hybridized carbons (Fsp3) is 0.333. The van der Waals surface area contributed by atoms with Crippen molar-refractivity contribution in [1.29, 1.82) is 0 Å². The van der Waals surface area contributed by atoms with E-state index < -0.39 is 73.5 Å². The quantitative estimate of drug-likeness (QED) is 0.0349. The van der Waals surface area contributed by atoms with Gasteiger partial charge in [0.15, 0.2) is 17.5 Å². The molecule has 3 amide bonds. The van der Waals surface area contributed by atoms with Gasteiger partial charge in [0.05, 0.1) is 27.8 Å². The second-order valence-electron chi connectivity index (χ2n) is 20.4. The van der Waals surface area contributed by atoms with E-state index in [2.05, 4.69) is 81.7 Å². The summed E-state index contributed by atoms with van der Waals surface area (Å²) in [5.41, 5.74) is 2.31. The average molecular weight is 1330 g/mol. The molecule has 2 aliphatic rings. The molecule has 2 aliphatic heterocycles. The number of alkyl halides is 9. The number of amides is 3. The van der Waals surface area contributed by atoms with Crippen molar-refractivity contribution in [1.82, 2.24) is 85.7 Å². The molecule has 0 saturated carbocycles. The van der Waals surface area contributed by atoms with Gasteiger partial charge in [-0.2, -0.15) is 49.5 Å². The van der Waals surface area contributed by atoms with E-state index in [9.17, 15) is 53.9 Å². The molecule has 9 aromatic rings. The third-order valence-electron chi connectivity index (χ3n) is 13.5. The van der Waals surface area contributed by atoms with Crippen molar-refractivity contribution in [3.05, 3.63) is 108 Å². The molecule has 0 radical (unpaired) electrons. The van der Waals surface area contributed by atoms with Crippen molar-refractivity contribution in [3.63, 3.8) is 0 Å². The Hall–Kier alpha value is -9.08. The van der Waals surface area contributed by atoms with Gasteiger partial charge in [-0.3, -0.25) is 14.4 Å². The molecule has 2 fully saturated rings. The minimum absolute atomic E-state index is 0. The first kappa shape index (κ1) is 65.4. The number of hydrogen-bond donors (Lipinski definition) is 7. The van der Waals surface area contributed by atoms with E-state index in [1.54, 1.807) is 58.7 Å². The van der Waals surface area contributed by atoms with Crippen LogP contribution in [-0.2, 0) is 19.1 Å². The summed E-state index contributed by atoms with van der Waals surface area (Å²) >= 11 is 18.1. The zero-order valence-corrected chi connectivity index (χ0v) is 49.1. The highest BCUT2D eigenvalue weighted by atomic mass is 35.5. The lowest BCUT2D eigenvalue weighted by Gasteiger charge is -2.25. The summed E-state index contributed by atoms with van der Waals surface area (Å²) in [6.45, 7) is 3.20. The standard InChI is InChI=1S/C21H20ClF3N6O2.C17H15ClF3N7O.C16H15ClF3N7O.6H2/c1-2-5-33-13-7-16(20(32)29-11-21(23,24)25)31(10-13)17-3-4-26-19(30-17)15-9-28-18-14(15)6-12(22)8-27-18;18-9-4-10-11(6-23-13(10)22-5-9)14-25-8-26-16(27-14)28-3-1-2-12(28)15(29)24-7-17(19,20)21;1-15(2,13(28)23-6-16(18,19)20)27-14-25-7-24-12(26-14)10-5-22-11-9(10)3-8(17)4-21-11;;;;;;/h2-4,6,8-9,13,16H,1,5,7,10-11H2,(H,27,28)(H,29,32);4-6,8,12H,1-3,7H2,(H,22,23)(H,24,29);3-5,7H,6H2,1-2H3,(H,21,22)(H,23,28)(H,24,25,26,27);6*1H/t13?,16-;12-;;;;;;;/m01......./s1.